The van der Waals surface area contributed by atoms with Crippen molar-refractivity contribution in [3.05, 3.63) is 59.7 Å². The topological polar surface area (TPSA) is 76.7 Å². The predicted octanol–water partition coefficient (Wildman–Crippen LogP) is 2.02. The van der Waals surface area contributed by atoms with E-state index in [0.29, 0.717) is 24.5 Å². The predicted molar refractivity (Wildman–Crippen MR) is 87.9 cm³/mol. The molecule has 0 aliphatic carbocycles. The maximum Gasteiger partial charge on any atom is 0.322 e. The Hall–Kier alpha value is -3.02. The average Bonchev–Trinajstić information content (AvgIpc) is 2.91. The Labute approximate surface area is 139 Å². The van der Waals surface area contributed by atoms with Crippen molar-refractivity contribution in [2.45, 2.75) is 19.1 Å². The summed E-state index contributed by atoms with van der Waals surface area (Å²) in [4.78, 5) is 22.9. The van der Waals surface area contributed by atoms with E-state index in [1.165, 1.54) is 0 Å². The molecule has 0 radical (unpaired) electrons. The molecule has 0 aromatic heterocycles. The van der Waals surface area contributed by atoms with Crippen LogP contribution >= 0.6 is 0 Å². The van der Waals surface area contributed by atoms with Crippen LogP contribution in [-0.2, 0) is 17.8 Å². The molecule has 124 valence electrons. The van der Waals surface area contributed by atoms with E-state index in [1.54, 1.807) is 13.2 Å². The normalized spacial score (nSPS) is 16.5. The summed E-state index contributed by atoms with van der Waals surface area (Å²) >= 11 is 0. The molecular formula is C18H18N2O4. The van der Waals surface area contributed by atoms with Crippen LogP contribution in [0.25, 0.3) is 0 Å². The van der Waals surface area contributed by atoms with Crippen molar-refractivity contribution < 1.29 is 19.1 Å². The molecule has 1 saturated heterocycles. The Kier molecular flexibility index (Phi) is 4.65. The zero-order valence-corrected chi connectivity index (χ0v) is 13.2. The van der Waals surface area contributed by atoms with Gasteiger partial charge >= 0.3 is 6.03 Å². The Morgan fingerprint density at radius 1 is 1.00 bits per heavy atom. The van der Waals surface area contributed by atoms with E-state index in [1.807, 2.05) is 42.5 Å². The van der Waals surface area contributed by atoms with Crippen molar-refractivity contribution in [1.29, 1.82) is 0 Å². The van der Waals surface area contributed by atoms with Crippen LogP contribution in [0.15, 0.2) is 48.5 Å². The lowest BCUT2D eigenvalue weighted by Gasteiger charge is -2.13. The number of imide groups is 1. The minimum absolute atomic E-state index is 0.317. The molecule has 1 atom stereocenters. The summed E-state index contributed by atoms with van der Waals surface area (Å²) in [5.41, 5.74) is 1.92. The molecule has 3 amide bonds. The van der Waals surface area contributed by atoms with Crippen LogP contribution in [0.4, 0.5) is 4.79 Å². The third kappa shape index (κ3) is 3.65. The highest BCUT2D eigenvalue weighted by Gasteiger charge is 2.29. The Balaban J connectivity index is 1.73. The quantitative estimate of drug-likeness (QED) is 0.796. The van der Waals surface area contributed by atoms with Crippen molar-refractivity contribution in [1.82, 2.24) is 10.6 Å². The number of carbonyl (C=O) groups is 2. The molecule has 1 unspecified atom stereocenters. The summed E-state index contributed by atoms with van der Waals surface area (Å²) in [6, 6.07) is 14.3. The number of hydrogen-bond acceptors (Lipinski definition) is 4. The molecule has 1 heterocycles. The minimum atomic E-state index is -0.562. The number of ether oxygens (including phenoxy) is 2. The first-order valence-corrected chi connectivity index (χ1v) is 7.60. The van der Waals surface area contributed by atoms with Gasteiger partial charge in [0.05, 0.1) is 7.11 Å². The fourth-order valence-corrected chi connectivity index (χ4v) is 2.53. The summed E-state index contributed by atoms with van der Waals surface area (Å²) in [6.07, 6.45) is 0.392. The highest BCUT2D eigenvalue weighted by Crippen LogP contribution is 2.29. The first kappa shape index (κ1) is 15.9. The molecule has 0 saturated carbocycles. The van der Waals surface area contributed by atoms with Gasteiger partial charge in [0.1, 0.15) is 12.6 Å². The van der Waals surface area contributed by atoms with Gasteiger partial charge in [0.15, 0.2) is 11.5 Å². The molecule has 1 aliphatic rings. The van der Waals surface area contributed by atoms with Gasteiger partial charge in [-0.25, -0.2) is 4.79 Å². The number of methoxy groups -OCH3 is 1. The summed E-state index contributed by atoms with van der Waals surface area (Å²) < 4.78 is 11.2. The van der Waals surface area contributed by atoms with Crippen LogP contribution in [0.3, 0.4) is 0 Å². The highest BCUT2D eigenvalue weighted by atomic mass is 16.5. The smallest absolute Gasteiger partial charge is 0.322 e. The second-order valence-corrected chi connectivity index (χ2v) is 5.48. The zero-order chi connectivity index (χ0) is 16.9. The molecule has 0 spiro atoms. The third-order valence-corrected chi connectivity index (χ3v) is 3.76. The van der Waals surface area contributed by atoms with E-state index in [0.717, 1.165) is 11.1 Å². The Bertz CT molecular complexity index is 746. The SMILES string of the molecule is COc1ccc(CC2NC(=O)NC2=O)cc1OCc1ccccc1. The fourth-order valence-electron chi connectivity index (χ4n) is 2.53. The standard InChI is InChI=1S/C18H18N2O4/c1-23-15-8-7-13(9-14-17(21)20-18(22)19-14)10-16(15)24-11-12-5-3-2-4-6-12/h2-8,10,14H,9,11H2,1H3,(H2,19,20,21,22). The number of hydrogen-bond donors (Lipinski definition) is 2. The van der Waals surface area contributed by atoms with Gasteiger partial charge < -0.3 is 14.8 Å². The lowest BCUT2D eigenvalue weighted by molar-refractivity contribution is -0.120. The number of urea groups is 1. The molecule has 3 rings (SSSR count). The number of carbonyl (C=O) groups excluding carboxylic acids is 2. The number of benzene rings is 2. The number of amides is 3. The van der Waals surface area contributed by atoms with Gasteiger partial charge in [-0.15, -0.1) is 0 Å². The van der Waals surface area contributed by atoms with Gasteiger partial charge in [0.25, 0.3) is 5.91 Å². The van der Waals surface area contributed by atoms with Crippen LogP contribution in [0, 0.1) is 0 Å². The lowest BCUT2D eigenvalue weighted by Crippen LogP contribution is -2.31. The van der Waals surface area contributed by atoms with Crippen LogP contribution in [-0.4, -0.2) is 25.1 Å². The van der Waals surface area contributed by atoms with E-state index < -0.39 is 12.1 Å². The zero-order valence-electron chi connectivity index (χ0n) is 13.2. The maximum atomic E-state index is 11.7. The molecule has 1 fully saturated rings. The highest BCUT2D eigenvalue weighted by molar-refractivity contribution is 6.04. The van der Waals surface area contributed by atoms with Crippen molar-refractivity contribution in [2.24, 2.45) is 0 Å². The van der Waals surface area contributed by atoms with Gasteiger partial charge in [-0.3, -0.25) is 10.1 Å². The molecule has 2 N–H and O–H groups in total. The van der Waals surface area contributed by atoms with Crippen molar-refractivity contribution in [3.63, 3.8) is 0 Å². The summed E-state index contributed by atoms with van der Waals surface area (Å²) in [5.74, 6) is 0.903. The number of rotatable bonds is 6. The monoisotopic (exact) mass is 326 g/mol. The van der Waals surface area contributed by atoms with Crippen molar-refractivity contribution >= 4 is 11.9 Å². The first-order valence-electron chi connectivity index (χ1n) is 7.60. The van der Waals surface area contributed by atoms with Crippen LogP contribution in [0.1, 0.15) is 11.1 Å². The maximum absolute atomic E-state index is 11.7. The molecule has 24 heavy (non-hydrogen) atoms. The van der Waals surface area contributed by atoms with E-state index >= 15 is 0 Å². The molecule has 0 bridgehead atoms. The van der Waals surface area contributed by atoms with Crippen LogP contribution in [0.5, 0.6) is 11.5 Å². The molecule has 2 aromatic carbocycles. The van der Waals surface area contributed by atoms with E-state index in [2.05, 4.69) is 10.6 Å². The number of nitrogens with one attached hydrogen (secondary N) is 2. The van der Waals surface area contributed by atoms with Gasteiger partial charge in [-0.05, 0) is 23.3 Å². The van der Waals surface area contributed by atoms with Crippen LogP contribution in [0.2, 0.25) is 0 Å². The first-order chi connectivity index (χ1) is 11.7. The van der Waals surface area contributed by atoms with Gasteiger partial charge in [0, 0.05) is 6.42 Å². The van der Waals surface area contributed by atoms with Gasteiger partial charge in [0.2, 0.25) is 0 Å². The largest absolute Gasteiger partial charge is 0.493 e. The fraction of sp³-hybridized carbons (Fsp3) is 0.222. The van der Waals surface area contributed by atoms with Crippen LogP contribution < -0.4 is 20.1 Å². The van der Waals surface area contributed by atoms with Crippen molar-refractivity contribution in [2.75, 3.05) is 7.11 Å². The Morgan fingerprint density at radius 3 is 2.46 bits per heavy atom. The third-order valence-electron chi connectivity index (χ3n) is 3.76. The summed E-state index contributed by atoms with van der Waals surface area (Å²) in [6.45, 7) is 0.418. The van der Waals surface area contributed by atoms with E-state index in [-0.39, 0.29) is 5.91 Å². The average molecular weight is 326 g/mol. The second-order valence-electron chi connectivity index (χ2n) is 5.48. The minimum Gasteiger partial charge on any atom is -0.493 e. The van der Waals surface area contributed by atoms with E-state index in [4.69, 9.17) is 9.47 Å². The molecular weight excluding hydrogens is 308 g/mol. The summed E-state index contributed by atoms with van der Waals surface area (Å²) in [5, 5.41) is 4.81. The molecule has 6 nitrogen and oxygen atoms in total. The second kappa shape index (κ2) is 7.04. The van der Waals surface area contributed by atoms with E-state index in [9.17, 15) is 9.59 Å². The molecule has 2 aromatic rings. The lowest BCUT2D eigenvalue weighted by atomic mass is 10.1. The summed E-state index contributed by atoms with van der Waals surface area (Å²) in [7, 11) is 1.58. The molecule has 6 heteroatoms. The Morgan fingerprint density at radius 2 is 1.79 bits per heavy atom. The van der Waals surface area contributed by atoms with Gasteiger partial charge in [-0.2, -0.15) is 0 Å². The van der Waals surface area contributed by atoms with Gasteiger partial charge in [-0.1, -0.05) is 36.4 Å². The van der Waals surface area contributed by atoms with Crippen molar-refractivity contribution in [3.8, 4) is 11.5 Å². The molecule has 1 aliphatic heterocycles.